The molecule has 0 aliphatic carbocycles. The van der Waals surface area contributed by atoms with E-state index in [4.69, 9.17) is 4.74 Å². The first-order valence-electron chi connectivity index (χ1n) is 7.74. The van der Waals surface area contributed by atoms with Crippen molar-refractivity contribution >= 4 is 5.91 Å². The zero-order valence-corrected chi connectivity index (χ0v) is 14.5. The van der Waals surface area contributed by atoms with Crippen LogP contribution < -0.4 is 10.2 Å². The molecule has 1 aliphatic heterocycles. The van der Waals surface area contributed by atoms with Gasteiger partial charge in [-0.15, -0.1) is 0 Å². The van der Waals surface area contributed by atoms with Gasteiger partial charge in [-0.05, 0) is 40.7 Å². The summed E-state index contributed by atoms with van der Waals surface area (Å²) in [5, 5.41) is 0.952. The van der Waals surface area contributed by atoms with Crippen LogP contribution in [0.3, 0.4) is 0 Å². The summed E-state index contributed by atoms with van der Waals surface area (Å²) in [5.41, 5.74) is 0.818. The number of rotatable bonds is 3. The molecule has 1 amide bonds. The van der Waals surface area contributed by atoms with Gasteiger partial charge in [-0.1, -0.05) is 18.2 Å². The minimum absolute atomic E-state index is 0.0158. The molecule has 1 aromatic carbocycles. The van der Waals surface area contributed by atoms with Crippen molar-refractivity contribution in [1.29, 1.82) is 0 Å². The lowest BCUT2D eigenvalue weighted by molar-refractivity contribution is -0.192. The highest BCUT2D eigenvalue weighted by atomic mass is 19.4. The Bertz CT molecular complexity index is 621. The summed E-state index contributed by atoms with van der Waals surface area (Å²) >= 11 is 0. The lowest BCUT2D eigenvalue weighted by atomic mass is 9.93. The molecule has 7 heteroatoms. The summed E-state index contributed by atoms with van der Waals surface area (Å²) in [6, 6.07) is 4.10. The number of amides is 1. The van der Waals surface area contributed by atoms with E-state index in [2.05, 4.69) is 5.43 Å². The molecule has 1 aromatic rings. The lowest BCUT2D eigenvalue weighted by Crippen LogP contribution is -2.44. The monoisotopic (exact) mass is 344 g/mol. The molecule has 1 fully saturated rings. The fourth-order valence-corrected chi connectivity index (χ4v) is 2.62. The average Bonchev–Trinajstić information content (AvgIpc) is 2.62. The normalized spacial score (nSPS) is 19.9. The van der Waals surface area contributed by atoms with Crippen LogP contribution in [-0.2, 0) is 4.79 Å². The van der Waals surface area contributed by atoms with Gasteiger partial charge in [-0.3, -0.25) is 10.2 Å². The molecule has 2 rings (SSSR count). The van der Waals surface area contributed by atoms with Gasteiger partial charge in [-0.25, -0.2) is 5.01 Å². The highest BCUT2D eigenvalue weighted by Gasteiger charge is 2.52. The largest absolute Gasteiger partial charge is 0.488 e. The van der Waals surface area contributed by atoms with Gasteiger partial charge < -0.3 is 4.74 Å². The average molecular weight is 344 g/mol. The van der Waals surface area contributed by atoms with E-state index in [-0.39, 0.29) is 17.9 Å². The predicted molar refractivity (Wildman–Crippen MR) is 84.2 cm³/mol. The minimum atomic E-state index is -4.56. The van der Waals surface area contributed by atoms with Gasteiger partial charge in [0, 0.05) is 12.1 Å². The fraction of sp³-hybridized carbons (Fsp3) is 0.588. The number of hydrogen-bond donors (Lipinski definition) is 1. The van der Waals surface area contributed by atoms with Crippen molar-refractivity contribution in [2.75, 3.05) is 6.54 Å². The smallest absolute Gasteiger partial charge is 0.410 e. The second kappa shape index (κ2) is 5.95. The van der Waals surface area contributed by atoms with Crippen molar-refractivity contribution in [3.8, 4) is 5.75 Å². The van der Waals surface area contributed by atoms with Crippen LogP contribution in [0.2, 0.25) is 0 Å². The van der Waals surface area contributed by atoms with E-state index < -0.39 is 29.1 Å². The van der Waals surface area contributed by atoms with Crippen LogP contribution in [0.5, 0.6) is 5.75 Å². The Balaban J connectivity index is 2.46. The van der Waals surface area contributed by atoms with Crippen molar-refractivity contribution in [3.05, 3.63) is 29.8 Å². The molecule has 1 heterocycles. The zero-order chi connectivity index (χ0) is 18.3. The maximum absolute atomic E-state index is 13.8. The van der Waals surface area contributed by atoms with Crippen LogP contribution in [0.25, 0.3) is 0 Å². The van der Waals surface area contributed by atoms with Crippen molar-refractivity contribution in [2.45, 2.75) is 52.4 Å². The number of alkyl halides is 3. The fourth-order valence-electron chi connectivity index (χ4n) is 2.62. The Hall–Kier alpha value is -1.76. The molecule has 0 bridgehead atoms. The second-order valence-corrected chi connectivity index (χ2v) is 7.65. The van der Waals surface area contributed by atoms with E-state index in [0.717, 1.165) is 5.01 Å². The molecule has 0 radical (unpaired) electrons. The molecular weight excluding hydrogens is 321 g/mol. The van der Waals surface area contributed by atoms with Crippen LogP contribution in [-0.4, -0.2) is 29.2 Å². The van der Waals surface area contributed by atoms with Gasteiger partial charge in [0.15, 0.2) is 6.04 Å². The summed E-state index contributed by atoms with van der Waals surface area (Å²) < 4.78 is 47.1. The molecule has 24 heavy (non-hydrogen) atoms. The van der Waals surface area contributed by atoms with Crippen molar-refractivity contribution < 1.29 is 22.7 Å². The molecule has 1 saturated heterocycles. The molecule has 1 N–H and O–H groups in total. The number of hydrazine groups is 1. The maximum Gasteiger partial charge on any atom is 0.410 e. The molecule has 0 saturated carbocycles. The molecule has 0 unspecified atom stereocenters. The number of hydrogen-bond acceptors (Lipinski definition) is 3. The Morgan fingerprint density at radius 2 is 1.79 bits per heavy atom. The van der Waals surface area contributed by atoms with Gasteiger partial charge in [0.1, 0.15) is 11.4 Å². The van der Waals surface area contributed by atoms with Gasteiger partial charge in [0.2, 0.25) is 5.91 Å². The quantitative estimate of drug-likeness (QED) is 0.906. The van der Waals surface area contributed by atoms with Crippen molar-refractivity contribution in [1.82, 2.24) is 10.4 Å². The van der Waals surface area contributed by atoms with Crippen LogP contribution in [0.1, 0.15) is 46.2 Å². The van der Waals surface area contributed by atoms with E-state index in [9.17, 15) is 18.0 Å². The van der Waals surface area contributed by atoms with E-state index >= 15 is 0 Å². The summed E-state index contributed by atoms with van der Waals surface area (Å²) in [6.07, 6.45) is -4.56. The third-order valence-corrected chi connectivity index (χ3v) is 3.68. The summed E-state index contributed by atoms with van der Waals surface area (Å²) in [6.45, 7) is 8.51. The van der Waals surface area contributed by atoms with Gasteiger partial charge in [0.05, 0.1) is 5.41 Å². The SMILES string of the molecule is CC(C)(C)Oc1ccccc1[C@H](N1CC(C)(C)C(=O)N1)C(F)(F)F. The van der Waals surface area contributed by atoms with Gasteiger partial charge in [-0.2, -0.15) is 13.2 Å². The van der Waals surface area contributed by atoms with Crippen LogP contribution in [0, 0.1) is 5.41 Å². The number of halogens is 3. The highest BCUT2D eigenvalue weighted by Crippen LogP contribution is 2.43. The lowest BCUT2D eigenvalue weighted by Gasteiger charge is -2.32. The molecule has 134 valence electrons. The van der Waals surface area contributed by atoms with Crippen molar-refractivity contribution in [2.24, 2.45) is 5.41 Å². The second-order valence-electron chi connectivity index (χ2n) is 7.65. The summed E-state index contributed by atoms with van der Waals surface area (Å²) in [7, 11) is 0. The molecule has 4 nitrogen and oxygen atoms in total. The summed E-state index contributed by atoms with van der Waals surface area (Å²) in [5.74, 6) is -0.266. The zero-order valence-electron chi connectivity index (χ0n) is 14.5. The van der Waals surface area contributed by atoms with E-state index in [1.165, 1.54) is 18.2 Å². The Morgan fingerprint density at radius 1 is 1.21 bits per heavy atom. The minimum Gasteiger partial charge on any atom is -0.488 e. The number of benzene rings is 1. The number of ether oxygens (including phenoxy) is 1. The first kappa shape index (κ1) is 18.6. The Kier molecular flexibility index (Phi) is 4.61. The molecule has 1 atom stereocenters. The number of nitrogens with zero attached hydrogens (tertiary/aromatic N) is 1. The van der Waals surface area contributed by atoms with Crippen LogP contribution in [0.15, 0.2) is 24.3 Å². The number of carbonyl (C=O) groups excluding carboxylic acids is 1. The van der Waals surface area contributed by atoms with Crippen LogP contribution >= 0.6 is 0 Å². The number of para-hydroxylation sites is 1. The van der Waals surface area contributed by atoms with E-state index in [0.29, 0.717) is 0 Å². The number of carbonyl (C=O) groups is 1. The Labute approximate surface area is 139 Å². The van der Waals surface area contributed by atoms with Gasteiger partial charge >= 0.3 is 6.18 Å². The van der Waals surface area contributed by atoms with Crippen molar-refractivity contribution in [3.63, 3.8) is 0 Å². The number of nitrogens with one attached hydrogen (secondary N) is 1. The molecule has 0 spiro atoms. The van der Waals surface area contributed by atoms with E-state index in [1.807, 2.05) is 0 Å². The third-order valence-electron chi connectivity index (χ3n) is 3.68. The highest BCUT2D eigenvalue weighted by molar-refractivity contribution is 5.83. The topological polar surface area (TPSA) is 41.6 Å². The summed E-state index contributed by atoms with van der Waals surface area (Å²) in [4.78, 5) is 11.9. The van der Waals surface area contributed by atoms with Crippen LogP contribution in [0.4, 0.5) is 13.2 Å². The molecule has 1 aliphatic rings. The molecule has 0 aromatic heterocycles. The first-order chi connectivity index (χ1) is 10.8. The van der Waals surface area contributed by atoms with E-state index in [1.54, 1.807) is 40.7 Å². The van der Waals surface area contributed by atoms with Gasteiger partial charge in [0.25, 0.3) is 0 Å². The third kappa shape index (κ3) is 4.01. The maximum atomic E-state index is 13.8. The Morgan fingerprint density at radius 3 is 2.25 bits per heavy atom. The first-order valence-corrected chi connectivity index (χ1v) is 7.74. The standard InChI is InChI=1S/C17H23F3N2O2/c1-15(2,3)24-12-9-7-6-8-11(12)13(17(18,19)20)22-10-16(4,5)14(23)21-22/h6-9,13H,10H2,1-5H3,(H,21,23)/t13-/m0/s1. The predicted octanol–water partition coefficient (Wildman–Crippen LogP) is 3.84. The molecular formula is C17H23F3N2O2.